The van der Waals surface area contributed by atoms with Crippen molar-refractivity contribution >= 4 is 29.4 Å². The van der Waals surface area contributed by atoms with E-state index in [0.717, 1.165) is 4.90 Å². The SMILES string of the molecule is COC(=O)C1C(=O)N(C)C(=O)c2cc(OC)c(Cl)cc21. The number of hydrogen-bond donors (Lipinski definition) is 0. The molecule has 0 bridgehead atoms. The Bertz CT molecular complexity index is 613. The van der Waals surface area contributed by atoms with Crippen LogP contribution in [0.15, 0.2) is 12.1 Å². The fourth-order valence-electron chi connectivity index (χ4n) is 2.10. The smallest absolute Gasteiger partial charge is 0.322 e. The van der Waals surface area contributed by atoms with Gasteiger partial charge in [0, 0.05) is 12.6 Å². The highest BCUT2D eigenvalue weighted by atomic mass is 35.5. The molecule has 1 aliphatic heterocycles. The van der Waals surface area contributed by atoms with Crippen molar-refractivity contribution in [3.05, 3.63) is 28.3 Å². The maximum atomic E-state index is 12.1. The number of likely N-dealkylation sites (N-methyl/N-ethyl adjacent to an activating group) is 1. The van der Waals surface area contributed by atoms with Crippen molar-refractivity contribution in [3.8, 4) is 5.75 Å². The molecule has 0 fully saturated rings. The Morgan fingerprint density at radius 1 is 1.30 bits per heavy atom. The zero-order valence-corrected chi connectivity index (χ0v) is 11.9. The number of nitrogens with zero attached hydrogens (tertiary/aromatic N) is 1. The summed E-state index contributed by atoms with van der Waals surface area (Å²) in [5.41, 5.74) is 0.430. The molecular formula is C13H12ClNO5. The molecule has 0 N–H and O–H groups in total. The summed E-state index contributed by atoms with van der Waals surface area (Å²) in [7, 11) is 3.90. The van der Waals surface area contributed by atoms with E-state index >= 15 is 0 Å². The van der Waals surface area contributed by atoms with E-state index in [-0.39, 0.29) is 16.1 Å². The summed E-state index contributed by atoms with van der Waals surface area (Å²) in [4.78, 5) is 36.9. The van der Waals surface area contributed by atoms with E-state index in [4.69, 9.17) is 16.3 Å². The van der Waals surface area contributed by atoms with Crippen LogP contribution >= 0.6 is 11.6 Å². The van der Waals surface area contributed by atoms with Crippen molar-refractivity contribution in [1.82, 2.24) is 4.90 Å². The van der Waals surface area contributed by atoms with Crippen LogP contribution in [0.25, 0.3) is 0 Å². The number of benzene rings is 1. The minimum Gasteiger partial charge on any atom is -0.495 e. The topological polar surface area (TPSA) is 72.9 Å². The van der Waals surface area contributed by atoms with Crippen LogP contribution in [0.1, 0.15) is 21.8 Å². The molecule has 106 valence electrons. The molecule has 0 saturated heterocycles. The number of carbonyl (C=O) groups excluding carboxylic acids is 3. The molecule has 1 atom stereocenters. The Hall–Kier alpha value is -2.08. The zero-order chi connectivity index (χ0) is 15.0. The molecule has 1 aromatic rings. The first kappa shape index (κ1) is 14.3. The van der Waals surface area contributed by atoms with Gasteiger partial charge in [0.25, 0.3) is 5.91 Å². The van der Waals surface area contributed by atoms with Gasteiger partial charge < -0.3 is 9.47 Å². The third-order valence-corrected chi connectivity index (χ3v) is 3.48. The summed E-state index contributed by atoms with van der Waals surface area (Å²) in [6, 6.07) is 2.80. The number of amides is 2. The average Bonchev–Trinajstić information content (AvgIpc) is 2.44. The minimum absolute atomic E-state index is 0.198. The fourth-order valence-corrected chi connectivity index (χ4v) is 2.35. The predicted molar refractivity (Wildman–Crippen MR) is 69.9 cm³/mol. The lowest BCUT2D eigenvalue weighted by Crippen LogP contribution is -2.45. The van der Waals surface area contributed by atoms with Crippen LogP contribution < -0.4 is 4.74 Å². The lowest BCUT2D eigenvalue weighted by atomic mass is 9.88. The van der Waals surface area contributed by atoms with E-state index < -0.39 is 23.7 Å². The van der Waals surface area contributed by atoms with Crippen LogP contribution in [-0.4, -0.2) is 44.0 Å². The Kier molecular flexibility index (Phi) is 3.67. The third-order valence-electron chi connectivity index (χ3n) is 3.18. The van der Waals surface area contributed by atoms with Gasteiger partial charge in [-0.25, -0.2) is 0 Å². The van der Waals surface area contributed by atoms with E-state index in [0.29, 0.717) is 5.75 Å². The molecule has 7 heteroatoms. The highest BCUT2D eigenvalue weighted by molar-refractivity contribution is 6.32. The molecule has 0 saturated carbocycles. The van der Waals surface area contributed by atoms with Gasteiger partial charge in [-0.2, -0.15) is 0 Å². The summed E-state index contributed by atoms with van der Waals surface area (Å²) in [6.45, 7) is 0. The Balaban J connectivity index is 2.69. The van der Waals surface area contributed by atoms with Crippen LogP contribution in [0.3, 0.4) is 0 Å². The van der Waals surface area contributed by atoms with Crippen molar-refractivity contribution < 1.29 is 23.9 Å². The van der Waals surface area contributed by atoms with Gasteiger partial charge >= 0.3 is 5.97 Å². The van der Waals surface area contributed by atoms with Gasteiger partial charge in [0.05, 0.1) is 19.2 Å². The molecule has 1 aromatic carbocycles. The van der Waals surface area contributed by atoms with Gasteiger partial charge in [0.2, 0.25) is 5.91 Å². The molecule has 2 rings (SSSR count). The summed E-state index contributed by atoms with van der Waals surface area (Å²) in [5, 5.41) is 0.213. The van der Waals surface area contributed by atoms with Gasteiger partial charge in [0.15, 0.2) is 5.92 Å². The van der Waals surface area contributed by atoms with Crippen LogP contribution in [0.5, 0.6) is 5.75 Å². The second-order valence-corrected chi connectivity index (χ2v) is 4.64. The first-order chi connectivity index (χ1) is 9.42. The van der Waals surface area contributed by atoms with Crippen molar-refractivity contribution in [1.29, 1.82) is 0 Å². The second-order valence-electron chi connectivity index (χ2n) is 4.23. The molecule has 0 aliphatic carbocycles. The van der Waals surface area contributed by atoms with Crippen molar-refractivity contribution in [2.24, 2.45) is 0 Å². The van der Waals surface area contributed by atoms with E-state index in [9.17, 15) is 14.4 Å². The van der Waals surface area contributed by atoms with Crippen LogP contribution in [0.4, 0.5) is 0 Å². The molecule has 1 unspecified atom stereocenters. The number of methoxy groups -OCH3 is 2. The third kappa shape index (κ3) is 2.02. The van der Waals surface area contributed by atoms with Crippen molar-refractivity contribution in [3.63, 3.8) is 0 Å². The second kappa shape index (κ2) is 5.13. The number of ether oxygens (including phenoxy) is 2. The Labute approximate surface area is 120 Å². The number of hydrogen-bond acceptors (Lipinski definition) is 5. The largest absolute Gasteiger partial charge is 0.495 e. The van der Waals surface area contributed by atoms with E-state index in [1.807, 2.05) is 0 Å². The number of carbonyl (C=O) groups is 3. The zero-order valence-electron chi connectivity index (χ0n) is 11.1. The highest BCUT2D eigenvalue weighted by Gasteiger charge is 2.42. The minimum atomic E-state index is -1.19. The quantitative estimate of drug-likeness (QED) is 0.466. The van der Waals surface area contributed by atoms with Gasteiger partial charge in [-0.15, -0.1) is 0 Å². The van der Waals surface area contributed by atoms with Gasteiger partial charge in [0.1, 0.15) is 5.75 Å². The number of esters is 1. The standard InChI is InChI=1S/C13H12ClNO5/c1-15-11(16)7-5-9(19-2)8(14)4-6(7)10(12(15)17)13(18)20-3/h4-5,10H,1-3H3. The molecular weight excluding hydrogens is 286 g/mol. The first-order valence-corrected chi connectivity index (χ1v) is 6.07. The molecule has 1 heterocycles. The maximum Gasteiger partial charge on any atom is 0.322 e. The van der Waals surface area contributed by atoms with Crippen LogP contribution in [0.2, 0.25) is 5.02 Å². The Morgan fingerprint density at radius 3 is 2.50 bits per heavy atom. The highest BCUT2D eigenvalue weighted by Crippen LogP contribution is 2.36. The summed E-state index contributed by atoms with van der Waals surface area (Å²) in [6.07, 6.45) is 0. The van der Waals surface area contributed by atoms with Crippen LogP contribution in [0, 0.1) is 0 Å². The van der Waals surface area contributed by atoms with Crippen molar-refractivity contribution in [2.45, 2.75) is 5.92 Å². The average molecular weight is 298 g/mol. The summed E-state index contributed by atoms with van der Waals surface area (Å²) < 4.78 is 9.66. The monoisotopic (exact) mass is 297 g/mol. The number of fused-ring (bicyclic) bond motifs is 1. The fraction of sp³-hybridized carbons (Fsp3) is 0.308. The number of rotatable bonds is 2. The summed E-state index contributed by atoms with van der Waals surface area (Å²) >= 11 is 5.99. The number of halogens is 1. The van der Waals surface area contributed by atoms with E-state index in [1.165, 1.54) is 33.4 Å². The predicted octanol–water partition coefficient (Wildman–Crippen LogP) is 1.22. The van der Waals surface area contributed by atoms with Crippen LogP contribution in [-0.2, 0) is 14.3 Å². The van der Waals surface area contributed by atoms with Gasteiger partial charge in [-0.05, 0) is 17.7 Å². The molecule has 6 nitrogen and oxygen atoms in total. The molecule has 0 radical (unpaired) electrons. The molecule has 0 aromatic heterocycles. The lowest BCUT2D eigenvalue weighted by molar-refractivity contribution is -0.148. The molecule has 0 spiro atoms. The lowest BCUT2D eigenvalue weighted by Gasteiger charge is -2.29. The first-order valence-electron chi connectivity index (χ1n) is 5.69. The van der Waals surface area contributed by atoms with Crippen molar-refractivity contribution in [2.75, 3.05) is 21.3 Å². The van der Waals surface area contributed by atoms with E-state index in [1.54, 1.807) is 0 Å². The Morgan fingerprint density at radius 2 is 1.95 bits per heavy atom. The van der Waals surface area contributed by atoms with Gasteiger partial charge in [-0.1, -0.05) is 11.6 Å². The number of imide groups is 1. The van der Waals surface area contributed by atoms with Gasteiger partial charge in [-0.3, -0.25) is 19.3 Å². The summed E-state index contributed by atoms with van der Waals surface area (Å²) in [5.74, 6) is -2.79. The normalized spacial score (nSPS) is 17.8. The molecule has 20 heavy (non-hydrogen) atoms. The maximum absolute atomic E-state index is 12.1. The van der Waals surface area contributed by atoms with E-state index in [2.05, 4.69) is 4.74 Å². The molecule has 2 amide bonds. The molecule has 1 aliphatic rings.